The molecule has 0 unspecified atom stereocenters. The predicted molar refractivity (Wildman–Crippen MR) is 44.2 cm³/mol. The fourth-order valence-electron chi connectivity index (χ4n) is 0.735. The van der Waals surface area contributed by atoms with E-state index in [1.165, 1.54) is 0 Å². The van der Waals surface area contributed by atoms with E-state index in [4.69, 9.17) is 4.74 Å². The Kier molecular flexibility index (Phi) is 3.07. The van der Waals surface area contributed by atoms with Crippen molar-refractivity contribution in [2.24, 2.45) is 0 Å². The smallest absolute Gasteiger partial charge is 0.397 e. The van der Waals surface area contributed by atoms with Crippen LogP contribution >= 0.6 is 0 Å². The first-order valence-electron chi connectivity index (χ1n) is 3.95. The van der Waals surface area contributed by atoms with Gasteiger partial charge in [-0.3, -0.25) is 4.63 Å². The Morgan fingerprint density at radius 1 is 1.62 bits per heavy atom. The van der Waals surface area contributed by atoms with Crippen LogP contribution in [0.15, 0.2) is 4.63 Å². The van der Waals surface area contributed by atoms with Crippen molar-refractivity contribution < 1.29 is 14.3 Å². The lowest BCUT2D eigenvalue weighted by Crippen LogP contribution is -2.26. The van der Waals surface area contributed by atoms with Gasteiger partial charge in [0.15, 0.2) is 0 Å². The second-order valence-corrected chi connectivity index (χ2v) is 2.97. The molecule has 0 atom stereocenters. The average Bonchev–Trinajstić information content (AvgIpc) is 2.35. The summed E-state index contributed by atoms with van der Waals surface area (Å²) in [4.78, 5) is 2.30. The van der Waals surface area contributed by atoms with Crippen molar-refractivity contribution in [2.45, 2.75) is 6.92 Å². The van der Waals surface area contributed by atoms with Crippen molar-refractivity contribution in [1.82, 2.24) is 10.1 Å². The molecule has 13 heavy (non-hydrogen) atoms. The van der Waals surface area contributed by atoms with Crippen LogP contribution in [0.4, 0.5) is 0 Å². The SMILES string of the molecule is Cc1c(OCCN(C)C)no[n+]1[O-]. The zero-order valence-electron chi connectivity index (χ0n) is 7.98. The van der Waals surface area contributed by atoms with E-state index in [2.05, 4.69) is 9.79 Å². The molecule has 0 aliphatic heterocycles. The Morgan fingerprint density at radius 3 is 2.77 bits per heavy atom. The topological polar surface area (TPSA) is 65.4 Å². The Balaban J connectivity index is 2.41. The van der Waals surface area contributed by atoms with Gasteiger partial charge >= 0.3 is 5.88 Å². The minimum Gasteiger partial charge on any atom is -0.454 e. The van der Waals surface area contributed by atoms with E-state index in [1.54, 1.807) is 6.92 Å². The monoisotopic (exact) mass is 187 g/mol. The molecule has 0 aliphatic carbocycles. The number of nitrogens with zero attached hydrogens (tertiary/aromatic N) is 3. The second-order valence-electron chi connectivity index (χ2n) is 2.97. The molecule has 0 aromatic carbocycles. The summed E-state index contributed by atoms with van der Waals surface area (Å²) in [5, 5.41) is 14.2. The average molecular weight is 187 g/mol. The van der Waals surface area contributed by atoms with Crippen LogP contribution in [0, 0.1) is 12.1 Å². The molecule has 6 heteroatoms. The van der Waals surface area contributed by atoms with Crippen LogP contribution in [0.2, 0.25) is 0 Å². The van der Waals surface area contributed by atoms with Gasteiger partial charge in [0.1, 0.15) is 6.61 Å². The molecule has 0 fully saturated rings. The van der Waals surface area contributed by atoms with Gasteiger partial charge in [-0.15, -0.1) is 0 Å². The maximum absolute atomic E-state index is 10.7. The van der Waals surface area contributed by atoms with E-state index < -0.39 is 0 Å². The van der Waals surface area contributed by atoms with Crippen molar-refractivity contribution in [1.29, 1.82) is 0 Å². The zero-order valence-corrected chi connectivity index (χ0v) is 7.98. The standard InChI is InChI=1S/C7H13N3O3/c1-6-7(8-13-10(6)11)12-5-4-9(2)3/h4-5H2,1-3H3. The Bertz CT molecular complexity index is 272. The predicted octanol–water partition coefficient (Wildman–Crippen LogP) is -0.443. The molecule has 1 aromatic rings. The molecule has 1 heterocycles. The normalized spacial score (nSPS) is 10.8. The summed E-state index contributed by atoms with van der Waals surface area (Å²) in [5.74, 6) is 0.261. The number of likely N-dealkylation sites (N-methyl/N-ethyl adjacent to an activating group) is 1. The summed E-state index contributed by atoms with van der Waals surface area (Å²) in [6, 6.07) is 0. The third kappa shape index (κ3) is 2.59. The van der Waals surface area contributed by atoms with Crippen LogP contribution in [-0.2, 0) is 0 Å². The summed E-state index contributed by atoms with van der Waals surface area (Å²) < 4.78 is 9.53. The van der Waals surface area contributed by atoms with Crippen LogP contribution < -0.4 is 9.64 Å². The van der Waals surface area contributed by atoms with Crippen LogP contribution in [0.1, 0.15) is 5.69 Å². The molecule has 0 amide bonds. The van der Waals surface area contributed by atoms with Crippen molar-refractivity contribution in [3.8, 4) is 5.88 Å². The molecule has 0 aliphatic rings. The number of hydrogen-bond acceptors (Lipinski definition) is 5. The van der Waals surface area contributed by atoms with E-state index in [0.29, 0.717) is 17.2 Å². The van der Waals surface area contributed by atoms with Gasteiger partial charge in [-0.05, 0) is 19.0 Å². The van der Waals surface area contributed by atoms with Crippen LogP contribution in [0.3, 0.4) is 0 Å². The summed E-state index contributed by atoms with van der Waals surface area (Å²) in [5.41, 5.74) is 0.346. The highest BCUT2D eigenvalue weighted by molar-refractivity contribution is 5.07. The first-order chi connectivity index (χ1) is 6.11. The molecule has 0 saturated carbocycles. The lowest BCUT2D eigenvalue weighted by molar-refractivity contribution is -0.806. The molecule has 0 N–H and O–H groups in total. The van der Waals surface area contributed by atoms with Crippen LogP contribution in [0.25, 0.3) is 0 Å². The van der Waals surface area contributed by atoms with Crippen molar-refractivity contribution in [3.63, 3.8) is 0 Å². The highest BCUT2D eigenvalue weighted by atomic mass is 16.8. The highest BCUT2D eigenvalue weighted by Crippen LogP contribution is 2.07. The Morgan fingerprint density at radius 2 is 2.31 bits per heavy atom. The molecule has 1 aromatic heterocycles. The van der Waals surface area contributed by atoms with Gasteiger partial charge in [-0.2, -0.15) is 0 Å². The lowest BCUT2D eigenvalue weighted by Gasteiger charge is -2.07. The molecule has 74 valence electrons. The van der Waals surface area contributed by atoms with Gasteiger partial charge in [0.05, 0.1) is 5.16 Å². The van der Waals surface area contributed by atoms with Crippen LogP contribution in [-0.4, -0.2) is 37.3 Å². The number of ether oxygens (including phenoxy) is 1. The fourth-order valence-corrected chi connectivity index (χ4v) is 0.735. The van der Waals surface area contributed by atoms with E-state index in [9.17, 15) is 5.21 Å². The number of rotatable bonds is 4. The van der Waals surface area contributed by atoms with Gasteiger partial charge < -0.3 is 14.8 Å². The van der Waals surface area contributed by atoms with Gasteiger partial charge in [0.2, 0.25) is 5.69 Å². The third-order valence-corrected chi connectivity index (χ3v) is 1.56. The Hall–Kier alpha value is -1.30. The molecule has 1 rings (SSSR count). The van der Waals surface area contributed by atoms with E-state index >= 15 is 0 Å². The summed E-state index contributed by atoms with van der Waals surface area (Å²) in [6.45, 7) is 2.85. The third-order valence-electron chi connectivity index (χ3n) is 1.56. The summed E-state index contributed by atoms with van der Waals surface area (Å²) in [7, 11) is 3.87. The van der Waals surface area contributed by atoms with Crippen LogP contribution in [0.5, 0.6) is 5.88 Å². The van der Waals surface area contributed by atoms with Gasteiger partial charge in [-0.25, -0.2) is 0 Å². The minimum absolute atomic E-state index is 0.261. The summed E-state index contributed by atoms with van der Waals surface area (Å²) >= 11 is 0. The van der Waals surface area contributed by atoms with E-state index in [-0.39, 0.29) is 5.88 Å². The van der Waals surface area contributed by atoms with E-state index in [1.807, 2.05) is 19.0 Å². The lowest BCUT2D eigenvalue weighted by atomic mass is 10.5. The minimum atomic E-state index is 0.261. The van der Waals surface area contributed by atoms with Crippen molar-refractivity contribution >= 4 is 0 Å². The fraction of sp³-hybridized carbons (Fsp3) is 0.714. The zero-order chi connectivity index (χ0) is 9.84. The first kappa shape index (κ1) is 9.79. The highest BCUT2D eigenvalue weighted by Gasteiger charge is 2.14. The van der Waals surface area contributed by atoms with Crippen molar-refractivity contribution in [3.05, 3.63) is 10.9 Å². The van der Waals surface area contributed by atoms with Crippen molar-refractivity contribution in [2.75, 3.05) is 27.2 Å². The van der Waals surface area contributed by atoms with Gasteiger partial charge in [0, 0.05) is 13.5 Å². The second kappa shape index (κ2) is 4.08. The quantitative estimate of drug-likeness (QED) is 0.598. The molecule has 0 saturated heterocycles. The molecule has 0 spiro atoms. The van der Waals surface area contributed by atoms with Gasteiger partial charge in [-0.1, -0.05) is 0 Å². The molecular weight excluding hydrogens is 174 g/mol. The number of aromatic nitrogens is 2. The maximum Gasteiger partial charge on any atom is 0.397 e. The molecular formula is C7H13N3O3. The van der Waals surface area contributed by atoms with E-state index in [0.717, 1.165) is 6.54 Å². The van der Waals surface area contributed by atoms with Gasteiger partial charge in [0.25, 0.3) is 0 Å². The summed E-state index contributed by atoms with van der Waals surface area (Å²) in [6.07, 6.45) is 0. The first-order valence-corrected chi connectivity index (χ1v) is 3.95. The largest absolute Gasteiger partial charge is 0.454 e. The maximum atomic E-state index is 10.7. The number of hydrogen-bond donors (Lipinski definition) is 0. The molecule has 6 nitrogen and oxygen atoms in total. The molecule has 0 bridgehead atoms. The molecule has 0 radical (unpaired) electrons. The Labute approximate surface area is 76.2 Å².